The fourth-order valence-electron chi connectivity index (χ4n) is 1.94. The molecule has 3 nitrogen and oxygen atoms in total. The molecule has 0 aliphatic carbocycles. The lowest BCUT2D eigenvalue weighted by Gasteiger charge is -2.05. The maximum atomic E-state index is 13.0. The lowest BCUT2D eigenvalue weighted by atomic mass is 10.1. The van der Waals surface area contributed by atoms with Crippen LogP contribution in [0.25, 0.3) is 0 Å². The first kappa shape index (κ1) is 16.4. The van der Waals surface area contributed by atoms with Gasteiger partial charge in [-0.15, -0.1) is 0 Å². The predicted molar refractivity (Wildman–Crippen MR) is 86.0 cm³/mol. The highest BCUT2D eigenvalue weighted by molar-refractivity contribution is 9.10. The van der Waals surface area contributed by atoms with Crippen molar-refractivity contribution in [2.24, 2.45) is 0 Å². The third-order valence-corrected chi connectivity index (χ3v) is 3.65. The molecule has 2 rings (SSSR count). The Kier molecular flexibility index (Phi) is 5.83. The Balaban J connectivity index is 1.78. The summed E-state index contributed by atoms with van der Waals surface area (Å²) in [6.45, 7) is 0.253. The van der Waals surface area contributed by atoms with Crippen LogP contribution in [0.15, 0.2) is 53.0 Å². The van der Waals surface area contributed by atoms with Gasteiger partial charge in [-0.05, 0) is 29.8 Å². The van der Waals surface area contributed by atoms with Gasteiger partial charge < -0.3 is 5.32 Å². The fourth-order valence-corrected chi connectivity index (χ4v) is 2.21. The molecule has 0 spiro atoms. The van der Waals surface area contributed by atoms with Crippen LogP contribution in [0.2, 0.25) is 0 Å². The van der Waals surface area contributed by atoms with Crippen LogP contribution >= 0.6 is 15.9 Å². The monoisotopic (exact) mass is 363 g/mol. The van der Waals surface area contributed by atoms with E-state index in [4.69, 9.17) is 0 Å². The van der Waals surface area contributed by atoms with Crippen molar-refractivity contribution in [3.63, 3.8) is 0 Å². The minimum atomic E-state index is -0.336. The number of amides is 1. The van der Waals surface area contributed by atoms with E-state index >= 15 is 0 Å². The summed E-state index contributed by atoms with van der Waals surface area (Å²) in [5, 5.41) is 2.68. The van der Waals surface area contributed by atoms with Crippen molar-refractivity contribution in [3.8, 4) is 0 Å². The van der Waals surface area contributed by atoms with Crippen LogP contribution in [0, 0.1) is 5.82 Å². The van der Waals surface area contributed by atoms with Crippen molar-refractivity contribution in [2.45, 2.75) is 19.4 Å². The van der Waals surface area contributed by atoms with E-state index in [1.807, 2.05) is 0 Å². The van der Waals surface area contributed by atoms with Gasteiger partial charge in [-0.1, -0.05) is 40.2 Å². The Labute approximate surface area is 136 Å². The van der Waals surface area contributed by atoms with Crippen LogP contribution in [0.4, 0.5) is 4.39 Å². The van der Waals surface area contributed by atoms with Gasteiger partial charge in [-0.25, -0.2) is 4.39 Å². The van der Waals surface area contributed by atoms with Gasteiger partial charge >= 0.3 is 0 Å². The van der Waals surface area contributed by atoms with Gasteiger partial charge in [-0.3, -0.25) is 9.59 Å². The molecule has 1 N–H and O–H groups in total. The number of rotatable bonds is 6. The van der Waals surface area contributed by atoms with Gasteiger partial charge in [0.2, 0.25) is 5.91 Å². The first-order valence-corrected chi connectivity index (χ1v) is 7.64. The van der Waals surface area contributed by atoms with Crippen molar-refractivity contribution >= 4 is 27.6 Å². The summed E-state index contributed by atoms with van der Waals surface area (Å²) in [5.41, 5.74) is 1.27. The number of ketones is 1. The van der Waals surface area contributed by atoms with E-state index in [2.05, 4.69) is 21.2 Å². The van der Waals surface area contributed by atoms with Crippen molar-refractivity contribution in [1.82, 2.24) is 5.32 Å². The van der Waals surface area contributed by atoms with Crippen LogP contribution in [0.5, 0.6) is 0 Å². The molecule has 1 amide bonds. The van der Waals surface area contributed by atoms with E-state index < -0.39 is 0 Å². The van der Waals surface area contributed by atoms with Crippen LogP contribution in [0.3, 0.4) is 0 Å². The second-order valence-corrected chi connectivity index (χ2v) is 5.75. The van der Waals surface area contributed by atoms with E-state index in [0.29, 0.717) is 11.1 Å². The molecule has 0 unspecified atom stereocenters. The largest absolute Gasteiger partial charge is 0.352 e. The Bertz CT molecular complexity index is 671. The number of hydrogen-bond acceptors (Lipinski definition) is 2. The van der Waals surface area contributed by atoms with E-state index in [0.717, 1.165) is 4.47 Å². The van der Waals surface area contributed by atoms with Gasteiger partial charge in [0, 0.05) is 29.4 Å². The average Bonchev–Trinajstić information content (AvgIpc) is 2.51. The SMILES string of the molecule is O=C(CCC(=O)c1ccc(Br)cc1)NCc1cccc(F)c1. The second kappa shape index (κ2) is 7.84. The maximum Gasteiger partial charge on any atom is 0.220 e. The molecule has 0 aliphatic rings. The zero-order valence-corrected chi connectivity index (χ0v) is 13.4. The number of Topliss-reactive ketones (excluding diaryl/α,β-unsaturated/α-hetero) is 1. The van der Waals surface area contributed by atoms with Gasteiger partial charge in [0.1, 0.15) is 5.82 Å². The normalized spacial score (nSPS) is 10.3. The number of benzene rings is 2. The first-order chi connectivity index (χ1) is 10.5. The molecule has 0 saturated heterocycles. The molecule has 22 heavy (non-hydrogen) atoms. The third kappa shape index (κ3) is 5.07. The third-order valence-electron chi connectivity index (χ3n) is 3.12. The quantitative estimate of drug-likeness (QED) is 0.791. The van der Waals surface area contributed by atoms with Crippen LogP contribution in [0.1, 0.15) is 28.8 Å². The Hall–Kier alpha value is -2.01. The number of hydrogen-bond donors (Lipinski definition) is 1. The summed E-state index contributed by atoms with van der Waals surface area (Å²) in [5.74, 6) is -0.639. The summed E-state index contributed by atoms with van der Waals surface area (Å²) in [4.78, 5) is 23.7. The highest BCUT2D eigenvalue weighted by Crippen LogP contribution is 2.12. The number of halogens is 2. The molecule has 0 fully saturated rings. The molecule has 0 heterocycles. The van der Waals surface area contributed by atoms with Crippen molar-refractivity contribution in [2.75, 3.05) is 0 Å². The minimum Gasteiger partial charge on any atom is -0.352 e. The molecule has 0 radical (unpaired) electrons. The number of nitrogens with one attached hydrogen (secondary N) is 1. The summed E-state index contributed by atoms with van der Waals surface area (Å²) >= 11 is 3.30. The highest BCUT2D eigenvalue weighted by Gasteiger charge is 2.09. The molecule has 0 aromatic heterocycles. The standard InChI is InChI=1S/C17H15BrFNO2/c18-14-6-4-13(5-7-14)16(21)8-9-17(22)20-11-12-2-1-3-15(19)10-12/h1-7,10H,8-9,11H2,(H,20,22). The molecule has 0 bridgehead atoms. The fraction of sp³-hybridized carbons (Fsp3) is 0.176. The molecule has 0 atom stereocenters. The van der Waals surface area contributed by atoms with E-state index in [1.54, 1.807) is 36.4 Å². The predicted octanol–water partition coefficient (Wildman–Crippen LogP) is 3.87. The zero-order chi connectivity index (χ0) is 15.9. The highest BCUT2D eigenvalue weighted by atomic mass is 79.9. The molecular formula is C17H15BrFNO2. The minimum absolute atomic E-state index is 0.0756. The summed E-state index contributed by atoms with van der Waals surface area (Å²) in [6, 6.07) is 13.1. The summed E-state index contributed by atoms with van der Waals surface area (Å²) < 4.78 is 13.9. The Morgan fingerprint density at radius 3 is 2.45 bits per heavy atom. The van der Waals surface area contributed by atoms with Crippen LogP contribution in [-0.4, -0.2) is 11.7 Å². The van der Waals surface area contributed by atoms with Crippen LogP contribution < -0.4 is 5.32 Å². The maximum absolute atomic E-state index is 13.0. The van der Waals surface area contributed by atoms with Crippen molar-refractivity contribution < 1.29 is 14.0 Å². The second-order valence-electron chi connectivity index (χ2n) is 4.84. The molecule has 5 heteroatoms. The molecule has 114 valence electrons. The lowest BCUT2D eigenvalue weighted by molar-refractivity contribution is -0.121. The molecule has 0 aliphatic heterocycles. The van der Waals surface area contributed by atoms with E-state index in [-0.39, 0.29) is 36.9 Å². The zero-order valence-electron chi connectivity index (χ0n) is 11.8. The van der Waals surface area contributed by atoms with Gasteiger partial charge in [0.05, 0.1) is 0 Å². The Morgan fingerprint density at radius 2 is 1.77 bits per heavy atom. The van der Waals surface area contributed by atoms with E-state index in [1.165, 1.54) is 12.1 Å². The lowest BCUT2D eigenvalue weighted by Crippen LogP contribution is -2.23. The summed E-state index contributed by atoms with van der Waals surface area (Å²) in [6.07, 6.45) is 0.265. The number of carbonyl (C=O) groups excluding carboxylic acids is 2. The molecular weight excluding hydrogens is 349 g/mol. The molecule has 0 saturated carbocycles. The van der Waals surface area contributed by atoms with Gasteiger partial charge in [-0.2, -0.15) is 0 Å². The van der Waals surface area contributed by atoms with Crippen molar-refractivity contribution in [3.05, 3.63) is 69.9 Å². The van der Waals surface area contributed by atoms with Crippen molar-refractivity contribution in [1.29, 1.82) is 0 Å². The van der Waals surface area contributed by atoms with Crippen LogP contribution in [-0.2, 0) is 11.3 Å². The first-order valence-electron chi connectivity index (χ1n) is 6.84. The topological polar surface area (TPSA) is 46.2 Å². The van der Waals surface area contributed by atoms with E-state index in [9.17, 15) is 14.0 Å². The smallest absolute Gasteiger partial charge is 0.220 e. The number of carbonyl (C=O) groups is 2. The average molecular weight is 364 g/mol. The molecule has 2 aromatic carbocycles. The molecule has 2 aromatic rings. The van der Waals surface area contributed by atoms with Gasteiger partial charge in [0.25, 0.3) is 0 Å². The summed E-state index contributed by atoms with van der Waals surface area (Å²) in [7, 11) is 0. The van der Waals surface area contributed by atoms with Gasteiger partial charge in [0.15, 0.2) is 5.78 Å². The Morgan fingerprint density at radius 1 is 1.05 bits per heavy atom.